The summed E-state index contributed by atoms with van der Waals surface area (Å²) in [5, 5.41) is 17.9. The summed E-state index contributed by atoms with van der Waals surface area (Å²) in [5.41, 5.74) is -0.735. The lowest BCUT2D eigenvalue weighted by Crippen LogP contribution is -2.32. The molecular formula is C9H11N5O. The van der Waals surface area contributed by atoms with Gasteiger partial charge in [0, 0.05) is 13.0 Å². The molecule has 2 N–H and O–H groups in total. The first-order valence-electron chi connectivity index (χ1n) is 4.81. The predicted molar refractivity (Wildman–Crippen MR) is 50.4 cm³/mol. The van der Waals surface area contributed by atoms with E-state index >= 15 is 0 Å². The lowest BCUT2D eigenvalue weighted by molar-refractivity contribution is -0.124. The molecule has 0 radical (unpaired) electrons. The van der Waals surface area contributed by atoms with Crippen molar-refractivity contribution >= 4 is 5.91 Å². The van der Waals surface area contributed by atoms with E-state index in [4.69, 9.17) is 5.26 Å². The van der Waals surface area contributed by atoms with Gasteiger partial charge in [0.15, 0.2) is 0 Å². The van der Waals surface area contributed by atoms with Crippen molar-refractivity contribution in [3.8, 4) is 6.07 Å². The normalized spacial score (nSPS) is 16.7. The molecule has 0 atom stereocenters. The van der Waals surface area contributed by atoms with Crippen molar-refractivity contribution in [2.24, 2.45) is 5.41 Å². The van der Waals surface area contributed by atoms with Crippen LogP contribution in [0.2, 0.25) is 0 Å². The van der Waals surface area contributed by atoms with Crippen LogP contribution in [0.3, 0.4) is 0 Å². The number of carbonyl (C=O) groups excluding carboxylic acids is 1. The van der Waals surface area contributed by atoms with Gasteiger partial charge in [0.1, 0.15) is 17.6 Å². The molecule has 0 aliphatic heterocycles. The molecule has 1 aromatic heterocycles. The van der Waals surface area contributed by atoms with Crippen LogP contribution >= 0.6 is 0 Å². The maximum atomic E-state index is 11.5. The minimum atomic E-state index is -0.735. The maximum Gasteiger partial charge on any atom is 0.240 e. The Kier molecular flexibility index (Phi) is 2.37. The van der Waals surface area contributed by atoms with Crippen LogP contribution in [0.4, 0.5) is 0 Å². The molecule has 6 nitrogen and oxygen atoms in total. The van der Waals surface area contributed by atoms with Crippen LogP contribution in [0.15, 0.2) is 6.33 Å². The van der Waals surface area contributed by atoms with Crippen molar-refractivity contribution in [2.75, 3.05) is 6.54 Å². The molecule has 1 fully saturated rings. The van der Waals surface area contributed by atoms with Crippen molar-refractivity contribution in [3.63, 3.8) is 0 Å². The summed E-state index contributed by atoms with van der Waals surface area (Å²) in [4.78, 5) is 15.4. The second-order valence-corrected chi connectivity index (χ2v) is 3.63. The predicted octanol–water partition coefficient (Wildman–Crippen LogP) is -0.233. The highest BCUT2D eigenvalue weighted by molar-refractivity contribution is 5.88. The lowest BCUT2D eigenvalue weighted by atomic mass is 10.1. The Hall–Kier alpha value is -1.90. The Labute approximate surface area is 86.7 Å². The first kappa shape index (κ1) is 9.65. The quantitative estimate of drug-likeness (QED) is 0.709. The van der Waals surface area contributed by atoms with Crippen LogP contribution < -0.4 is 5.32 Å². The van der Waals surface area contributed by atoms with Gasteiger partial charge in [0.2, 0.25) is 5.91 Å². The highest BCUT2D eigenvalue weighted by Gasteiger charge is 2.50. The van der Waals surface area contributed by atoms with E-state index in [0.717, 1.165) is 5.82 Å². The van der Waals surface area contributed by atoms with E-state index in [1.165, 1.54) is 6.33 Å². The fourth-order valence-electron chi connectivity index (χ4n) is 1.33. The van der Waals surface area contributed by atoms with Crippen molar-refractivity contribution in [2.45, 2.75) is 19.3 Å². The average molecular weight is 205 g/mol. The first-order chi connectivity index (χ1) is 7.27. The first-order valence-corrected chi connectivity index (χ1v) is 4.81. The Morgan fingerprint density at radius 2 is 2.53 bits per heavy atom. The van der Waals surface area contributed by atoms with Crippen molar-refractivity contribution in [3.05, 3.63) is 12.2 Å². The number of carbonyl (C=O) groups is 1. The molecule has 1 aromatic rings. The Bertz CT molecular complexity index is 387. The SMILES string of the molecule is N#CC1(C(=O)NCCc2ncn[nH]2)CC1. The number of aromatic amines is 1. The summed E-state index contributed by atoms with van der Waals surface area (Å²) in [7, 11) is 0. The van der Waals surface area contributed by atoms with E-state index in [9.17, 15) is 4.79 Å². The topological polar surface area (TPSA) is 94.5 Å². The Balaban J connectivity index is 1.75. The van der Waals surface area contributed by atoms with Gasteiger partial charge in [-0.25, -0.2) is 4.98 Å². The van der Waals surface area contributed by atoms with Gasteiger partial charge in [-0.3, -0.25) is 9.89 Å². The minimum absolute atomic E-state index is 0.162. The third kappa shape index (κ3) is 1.96. The van der Waals surface area contributed by atoms with Gasteiger partial charge in [-0.1, -0.05) is 0 Å². The number of aromatic nitrogens is 3. The van der Waals surface area contributed by atoms with Gasteiger partial charge in [-0.05, 0) is 12.8 Å². The number of nitrogens with zero attached hydrogens (tertiary/aromatic N) is 3. The summed E-state index contributed by atoms with van der Waals surface area (Å²) in [6.07, 6.45) is 3.39. The molecule has 15 heavy (non-hydrogen) atoms. The maximum absolute atomic E-state index is 11.5. The molecule has 1 aliphatic rings. The number of nitrogens with one attached hydrogen (secondary N) is 2. The van der Waals surface area contributed by atoms with E-state index in [0.29, 0.717) is 25.8 Å². The van der Waals surface area contributed by atoms with Crippen LogP contribution in [0.1, 0.15) is 18.7 Å². The minimum Gasteiger partial charge on any atom is -0.354 e. The number of rotatable bonds is 4. The number of hydrogen-bond donors (Lipinski definition) is 2. The number of hydrogen-bond acceptors (Lipinski definition) is 4. The lowest BCUT2D eigenvalue weighted by Gasteiger charge is -2.06. The number of H-pyrrole nitrogens is 1. The van der Waals surface area contributed by atoms with Crippen LogP contribution in [-0.4, -0.2) is 27.6 Å². The molecule has 1 amide bonds. The largest absolute Gasteiger partial charge is 0.354 e. The number of amides is 1. The average Bonchev–Trinajstić information content (AvgIpc) is 2.90. The monoisotopic (exact) mass is 205 g/mol. The van der Waals surface area contributed by atoms with Crippen LogP contribution in [0, 0.1) is 16.7 Å². The van der Waals surface area contributed by atoms with Gasteiger partial charge >= 0.3 is 0 Å². The molecule has 0 aromatic carbocycles. The van der Waals surface area contributed by atoms with Crippen LogP contribution in [0.25, 0.3) is 0 Å². The van der Waals surface area contributed by atoms with Crippen LogP contribution in [0.5, 0.6) is 0 Å². The zero-order chi connectivity index (χ0) is 10.7. The fraction of sp³-hybridized carbons (Fsp3) is 0.556. The summed E-state index contributed by atoms with van der Waals surface area (Å²) < 4.78 is 0. The van der Waals surface area contributed by atoms with E-state index in [-0.39, 0.29) is 5.91 Å². The highest BCUT2D eigenvalue weighted by Crippen LogP contribution is 2.44. The third-order valence-corrected chi connectivity index (χ3v) is 2.51. The molecule has 1 aliphatic carbocycles. The highest BCUT2D eigenvalue weighted by atomic mass is 16.2. The third-order valence-electron chi connectivity index (χ3n) is 2.51. The summed E-state index contributed by atoms with van der Waals surface area (Å²) in [5.74, 6) is 0.571. The zero-order valence-corrected chi connectivity index (χ0v) is 8.16. The summed E-state index contributed by atoms with van der Waals surface area (Å²) in [6, 6.07) is 2.05. The van der Waals surface area contributed by atoms with E-state index in [2.05, 4.69) is 20.5 Å². The van der Waals surface area contributed by atoms with Crippen molar-refractivity contribution in [1.29, 1.82) is 5.26 Å². The van der Waals surface area contributed by atoms with Gasteiger partial charge in [-0.15, -0.1) is 0 Å². The second kappa shape index (κ2) is 3.69. The van der Waals surface area contributed by atoms with Gasteiger partial charge in [0.25, 0.3) is 0 Å². The number of nitriles is 1. The molecule has 78 valence electrons. The van der Waals surface area contributed by atoms with Gasteiger partial charge in [0.05, 0.1) is 6.07 Å². The molecule has 1 saturated carbocycles. The molecule has 0 bridgehead atoms. The van der Waals surface area contributed by atoms with Gasteiger partial charge < -0.3 is 5.32 Å². The molecule has 1 heterocycles. The van der Waals surface area contributed by atoms with E-state index in [1.54, 1.807) is 0 Å². The van der Waals surface area contributed by atoms with E-state index < -0.39 is 5.41 Å². The molecule has 0 saturated heterocycles. The van der Waals surface area contributed by atoms with Crippen molar-refractivity contribution < 1.29 is 4.79 Å². The Morgan fingerprint density at radius 3 is 3.07 bits per heavy atom. The molecular weight excluding hydrogens is 194 g/mol. The Morgan fingerprint density at radius 1 is 1.73 bits per heavy atom. The van der Waals surface area contributed by atoms with Crippen LogP contribution in [-0.2, 0) is 11.2 Å². The fourth-order valence-corrected chi connectivity index (χ4v) is 1.33. The smallest absolute Gasteiger partial charge is 0.240 e. The van der Waals surface area contributed by atoms with Gasteiger partial charge in [-0.2, -0.15) is 10.4 Å². The molecule has 6 heteroatoms. The summed E-state index contributed by atoms with van der Waals surface area (Å²) >= 11 is 0. The zero-order valence-electron chi connectivity index (χ0n) is 8.16. The summed E-state index contributed by atoms with van der Waals surface area (Å²) in [6.45, 7) is 0.484. The molecule has 0 spiro atoms. The standard InChI is InChI=1S/C9H11N5O/c10-5-9(2-3-9)8(15)11-4-1-7-12-6-13-14-7/h6H,1-4H2,(H,11,15)(H,12,13,14). The molecule has 2 rings (SSSR count). The molecule has 0 unspecified atom stereocenters. The van der Waals surface area contributed by atoms with Crippen molar-refractivity contribution in [1.82, 2.24) is 20.5 Å². The van der Waals surface area contributed by atoms with E-state index in [1.807, 2.05) is 6.07 Å². The second-order valence-electron chi connectivity index (χ2n) is 3.63.